The number of guanidine groups is 1. The van der Waals surface area contributed by atoms with Crippen LogP contribution in [-0.2, 0) is 29.4 Å². The summed E-state index contributed by atoms with van der Waals surface area (Å²) in [4.78, 5) is 11.5. The van der Waals surface area contributed by atoms with Crippen molar-refractivity contribution in [2.75, 3.05) is 32.7 Å². The smallest absolute Gasteiger partial charge is 0.220 e. The Morgan fingerprint density at radius 1 is 1.19 bits per heavy atom. The third-order valence-corrected chi connectivity index (χ3v) is 7.15. The van der Waals surface area contributed by atoms with Crippen molar-refractivity contribution >= 4 is 27.0 Å². The van der Waals surface area contributed by atoms with Crippen LogP contribution in [0.25, 0.3) is 11.0 Å². The average Bonchev–Trinajstić information content (AvgIpc) is 3.39. The topological polar surface area (TPSA) is 109 Å². The maximum Gasteiger partial charge on any atom is 0.220 e. The van der Waals surface area contributed by atoms with Crippen molar-refractivity contribution in [2.45, 2.75) is 19.2 Å². The Morgan fingerprint density at radius 2 is 1.97 bits per heavy atom. The van der Waals surface area contributed by atoms with Gasteiger partial charge in [-0.05, 0) is 19.1 Å². The number of aliphatic imine (C=N–C) groups is 1. The number of benzene rings is 1. The number of nitrogens with zero attached hydrogens (tertiary/aromatic N) is 6. The molecule has 0 unspecified atom stereocenters. The molecule has 0 radical (unpaired) electrons. The summed E-state index contributed by atoms with van der Waals surface area (Å²) in [7, 11) is -1.44. The molecule has 0 bridgehead atoms. The zero-order valence-electron chi connectivity index (χ0n) is 17.7. The van der Waals surface area contributed by atoms with Gasteiger partial charge in [-0.25, -0.2) is 18.4 Å². The van der Waals surface area contributed by atoms with Gasteiger partial charge in [0.05, 0.1) is 16.7 Å². The first-order valence-corrected chi connectivity index (χ1v) is 11.9. The van der Waals surface area contributed by atoms with Crippen LogP contribution < -0.4 is 5.32 Å². The molecule has 0 spiro atoms. The Hall–Kier alpha value is -2.92. The summed E-state index contributed by atoms with van der Waals surface area (Å²) in [5.74, 6) is 1.50. The summed E-state index contributed by atoms with van der Waals surface area (Å²) in [5.41, 5.74) is 2.44. The van der Waals surface area contributed by atoms with E-state index in [1.807, 2.05) is 38.2 Å². The Labute approximate surface area is 181 Å². The maximum atomic E-state index is 12.7. The van der Waals surface area contributed by atoms with Gasteiger partial charge in [-0.2, -0.15) is 4.31 Å². The van der Waals surface area contributed by atoms with Crippen LogP contribution in [0.1, 0.15) is 18.4 Å². The largest absolute Gasteiger partial charge is 0.364 e. The Kier molecular flexibility index (Phi) is 6.23. The van der Waals surface area contributed by atoms with E-state index in [1.54, 1.807) is 6.07 Å². The molecule has 0 aliphatic carbocycles. The standard InChI is InChI=1S/C20H27N7O3S/c1-3-21-20(22-14-19-23-17-6-4-5-7-18(17)25(19)2)26-9-11-27(12-10-26)31(28,29)15-16-8-13-30-24-16/h4-8,13H,3,9-12,14-15H2,1-2H3,(H,21,22). The van der Waals surface area contributed by atoms with Gasteiger partial charge >= 0.3 is 0 Å². The van der Waals surface area contributed by atoms with Crippen LogP contribution in [0, 0.1) is 0 Å². The predicted molar refractivity (Wildman–Crippen MR) is 118 cm³/mol. The minimum absolute atomic E-state index is 0.148. The second-order valence-corrected chi connectivity index (χ2v) is 9.35. The summed E-state index contributed by atoms with van der Waals surface area (Å²) in [5, 5.41) is 7.03. The van der Waals surface area contributed by atoms with Crippen molar-refractivity contribution in [2.24, 2.45) is 12.0 Å². The van der Waals surface area contributed by atoms with E-state index in [9.17, 15) is 8.42 Å². The number of aromatic nitrogens is 3. The molecule has 0 saturated carbocycles. The van der Waals surface area contributed by atoms with E-state index < -0.39 is 10.0 Å². The molecule has 0 atom stereocenters. The van der Waals surface area contributed by atoms with Gasteiger partial charge in [0.1, 0.15) is 24.4 Å². The molecule has 1 aromatic carbocycles. The Morgan fingerprint density at radius 3 is 2.65 bits per heavy atom. The number of fused-ring (bicyclic) bond motifs is 1. The monoisotopic (exact) mass is 445 g/mol. The molecule has 31 heavy (non-hydrogen) atoms. The first-order chi connectivity index (χ1) is 15.0. The molecule has 1 N–H and O–H groups in total. The lowest BCUT2D eigenvalue weighted by molar-refractivity contribution is 0.259. The van der Waals surface area contributed by atoms with Crippen LogP contribution in [0.3, 0.4) is 0 Å². The van der Waals surface area contributed by atoms with E-state index in [1.165, 1.54) is 10.6 Å². The normalized spacial score (nSPS) is 16.2. The van der Waals surface area contributed by atoms with Gasteiger partial charge in [-0.1, -0.05) is 17.3 Å². The fraction of sp³-hybridized carbons (Fsp3) is 0.450. The molecule has 11 heteroatoms. The van der Waals surface area contributed by atoms with Crippen LogP contribution in [0.5, 0.6) is 0 Å². The van der Waals surface area contributed by atoms with Crippen LogP contribution in [0.15, 0.2) is 46.1 Å². The van der Waals surface area contributed by atoms with Crippen molar-refractivity contribution in [1.82, 2.24) is 29.2 Å². The molecular formula is C20H27N7O3S. The zero-order chi connectivity index (χ0) is 21.8. The number of rotatable bonds is 6. The number of para-hydroxylation sites is 2. The molecule has 2 aromatic heterocycles. The highest BCUT2D eigenvalue weighted by Gasteiger charge is 2.29. The summed E-state index contributed by atoms with van der Waals surface area (Å²) in [6, 6.07) is 9.58. The van der Waals surface area contributed by atoms with Gasteiger partial charge < -0.3 is 19.3 Å². The van der Waals surface area contributed by atoms with Crippen molar-refractivity contribution < 1.29 is 12.9 Å². The zero-order valence-corrected chi connectivity index (χ0v) is 18.5. The quantitative estimate of drug-likeness (QED) is 0.448. The van der Waals surface area contributed by atoms with E-state index in [4.69, 9.17) is 9.52 Å². The molecule has 3 heterocycles. The van der Waals surface area contributed by atoms with E-state index in [0.717, 1.165) is 29.4 Å². The molecule has 1 aliphatic rings. The molecule has 166 valence electrons. The van der Waals surface area contributed by atoms with Crippen LogP contribution >= 0.6 is 0 Å². The van der Waals surface area contributed by atoms with Gasteiger partial charge in [0.15, 0.2) is 5.96 Å². The molecule has 1 saturated heterocycles. The summed E-state index contributed by atoms with van der Waals surface area (Å²) in [6.07, 6.45) is 1.38. The average molecular weight is 446 g/mol. The van der Waals surface area contributed by atoms with Crippen molar-refractivity contribution in [3.05, 3.63) is 48.1 Å². The van der Waals surface area contributed by atoms with Crippen molar-refractivity contribution in [3.8, 4) is 0 Å². The molecule has 1 aliphatic heterocycles. The van der Waals surface area contributed by atoms with Gasteiger partial charge in [-0.3, -0.25) is 0 Å². The van der Waals surface area contributed by atoms with Gasteiger partial charge in [0, 0.05) is 45.8 Å². The summed E-state index contributed by atoms with van der Waals surface area (Å²) in [6.45, 7) is 5.11. The van der Waals surface area contributed by atoms with E-state index >= 15 is 0 Å². The summed E-state index contributed by atoms with van der Waals surface area (Å²) >= 11 is 0. The molecule has 4 rings (SSSR count). The lowest BCUT2D eigenvalue weighted by Gasteiger charge is -2.35. The Balaban J connectivity index is 1.42. The van der Waals surface area contributed by atoms with Gasteiger partial charge in [-0.15, -0.1) is 0 Å². The highest BCUT2D eigenvalue weighted by atomic mass is 32.2. The predicted octanol–water partition coefficient (Wildman–Crippen LogP) is 1.17. The molecule has 0 amide bonds. The number of piperazine rings is 1. The minimum atomic E-state index is -3.43. The van der Waals surface area contributed by atoms with Gasteiger partial charge in [0.2, 0.25) is 10.0 Å². The SMILES string of the molecule is CCNC(=NCc1nc2ccccc2n1C)N1CCN(S(=O)(=O)Cc2ccon2)CC1. The third kappa shape index (κ3) is 4.72. The molecule has 3 aromatic rings. The minimum Gasteiger partial charge on any atom is -0.364 e. The first-order valence-electron chi connectivity index (χ1n) is 10.3. The second-order valence-electron chi connectivity index (χ2n) is 7.38. The van der Waals surface area contributed by atoms with Crippen molar-refractivity contribution in [3.63, 3.8) is 0 Å². The second kappa shape index (κ2) is 9.06. The maximum absolute atomic E-state index is 12.7. The third-order valence-electron chi connectivity index (χ3n) is 5.34. The first kappa shape index (κ1) is 21.3. The molecule has 1 fully saturated rings. The van der Waals surface area contributed by atoms with E-state index in [2.05, 4.69) is 24.9 Å². The van der Waals surface area contributed by atoms with Crippen LogP contribution in [0.2, 0.25) is 0 Å². The van der Waals surface area contributed by atoms with E-state index in [0.29, 0.717) is 38.4 Å². The lowest BCUT2D eigenvalue weighted by Crippen LogP contribution is -2.53. The van der Waals surface area contributed by atoms with Crippen molar-refractivity contribution in [1.29, 1.82) is 0 Å². The van der Waals surface area contributed by atoms with Gasteiger partial charge in [0.25, 0.3) is 0 Å². The fourth-order valence-corrected chi connectivity index (χ4v) is 5.10. The fourth-order valence-electron chi connectivity index (χ4n) is 3.68. The number of nitrogens with one attached hydrogen (secondary N) is 1. The summed E-state index contributed by atoms with van der Waals surface area (Å²) < 4.78 is 33.6. The van der Waals surface area contributed by atoms with E-state index in [-0.39, 0.29) is 5.75 Å². The highest BCUT2D eigenvalue weighted by Crippen LogP contribution is 2.16. The number of aryl methyl sites for hydroxylation is 1. The molecule has 10 nitrogen and oxygen atoms in total. The lowest BCUT2D eigenvalue weighted by atomic mass is 10.3. The molecular weight excluding hydrogens is 418 g/mol. The Bertz CT molecular complexity index is 1150. The number of hydrogen-bond acceptors (Lipinski definition) is 6. The van der Waals surface area contributed by atoms with Crippen LogP contribution in [0.4, 0.5) is 0 Å². The number of imidazole rings is 1. The highest BCUT2D eigenvalue weighted by molar-refractivity contribution is 7.88. The number of hydrogen-bond donors (Lipinski definition) is 1. The van der Waals surface area contributed by atoms with Crippen LogP contribution in [-0.4, -0.2) is 71.0 Å². The number of sulfonamides is 1.